The van der Waals surface area contributed by atoms with Crippen LogP contribution in [0.1, 0.15) is 39.0 Å². The summed E-state index contributed by atoms with van der Waals surface area (Å²) >= 11 is 0. The van der Waals surface area contributed by atoms with Gasteiger partial charge in [0.25, 0.3) is 5.91 Å². The number of anilines is 1. The summed E-state index contributed by atoms with van der Waals surface area (Å²) in [6.45, 7) is 2.88. The molecule has 0 saturated carbocycles. The number of rotatable bonds is 12. The van der Waals surface area contributed by atoms with Crippen LogP contribution in [0.2, 0.25) is 0 Å². The Hall–Kier alpha value is -2.69. The van der Waals surface area contributed by atoms with Crippen LogP contribution in [-0.2, 0) is 4.79 Å². The molecule has 0 aliphatic carbocycles. The fourth-order valence-corrected chi connectivity index (χ4v) is 2.55. The number of amides is 1. The van der Waals surface area contributed by atoms with Gasteiger partial charge >= 0.3 is 0 Å². The lowest BCUT2D eigenvalue weighted by molar-refractivity contribution is -0.118. The average Bonchev–Trinajstić information content (AvgIpc) is 2.70. The van der Waals surface area contributed by atoms with Crippen molar-refractivity contribution >= 4 is 11.6 Å². The maximum atomic E-state index is 12.0. The van der Waals surface area contributed by atoms with E-state index in [9.17, 15) is 4.79 Å². The zero-order valence-electron chi connectivity index (χ0n) is 16.2. The third kappa shape index (κ3) is 8.03. The number of methoxy groups -OCH3 is 1. The highest BCUT2D eigenvalue weighted by Gasteiger charge is 2.04. The molecule has 2 aromatic carbocycles. The van der Waals surface area contributed by atoms with Gasteiger partial charge in [0.2, 0.25) is 0 Å². The molecule has 146 valence electrons. The number of carbonyl (C=O) groups is 1. The monoisotopic (exact) mass is 371 g/mol. The number of hydrogen-bond donors (Lipinski definition) is 1. The van der Waals surface area contributed by atoms with E-state index in [0.29, 0.717) is 11.4 Å². The lowest BCUT2D eigenvalue weighted by atomic mass is 10.2. The van der Waals surface area contributed by atoms with Crippen LogP contribution in [0.3, 0.4) is 0 Å². The van der Waals surface area contributed by atoms with E-state index in [1.807, 2.05) is 24.3 Å². The molecule has 0 spiro atoms. The number of carbonyl (C=O) groups excluding carboxylic acids is 1. The van der Waals surface area contributed by atoms with Crippen molar-refractivity contribution in [3.63, 3.8) is 0 Å². The van der Waals surface area contributed by atoms with E-state index in [1.165, 1.54) is 25.7 Å². The van der Waals surface area contributed by atoms with Gasteiger partial charge in [0.05, 0.1) is 13.7 Å². The molecule has 0 unspecified atom stereocenters. The van der Waals surface area contributed by atoms with Crippen molar-refractivity contribution < 1.29 is 19.0 Å². The molecule has 5 heteroatoms. The van der Waals surface area contributed by atoms with Crippen LogP contribution in [0.4, 0.5) is 5.69 Å². The van der Waals surface area contributed by atoms with Crippen molar-refractivity contribution in [3.05, 3.63) is 48.5 Å². The molecular formula is C22H29NO4. The molecule has 0 aliphatic rings. The van der Waals surface area contributed by atoms with Gasteiger partial charge in [-0.2, -0.15) is 0 Å². The predicted octanol–water partition coefficient (Wildman–Crippen LogP) is 5.06. The van der Waals surface area contributed by atoms with Gasteiger partial charge < -0.3 is 19.5 Å². The topological polar surface area (TPSA) is 56.8 Å². The summed E-state index contributed by atoms with van der Waals surface area (Å²) in [7, 11) is 1.60. The summed E-state index contributed by atoms with van der Waals surface area (Å²) in [6, 6.07) is 14.5. The highest BCUT2D eigenvalue weighted by atomic mass is 16.5. The zero-order chi connectivity index (χ0) is 19.3. The van der Waals surface area contributed by atoms with Crippen LogP contribution >= 0.6 is 0 Å². The van der Waals surface area contributed by atoms with E-state index < -0.39 is 0 Å². The lowest BCUT2D eigenvalue weighted by Gasteiger charge is -2.09. The normalized spacial score (nSPS) is 10.3. The Morgan fingerprint density at radius 2 is 1.41 bits per heavy atom. The fourth-order valence-electron chi connectivity index (χ4n) is 2.55. The van der Waals surface area contributed by atoms with Crippen LogP contribution < -0.4 is 19.5 Å². The minimum Gasteiger partial charge on any atom is -0.497 e. The smallest absolute Gasteiger partial charge is 0.262 e. The maximum absolute atomic E-state index is 12.0. The number of ether oxygens (including phenoxy) is 3. The minimum atomic E-state index is -0.213. The van der Waals surface area contributed by atoms with Gasteiger partial charge in [-0.3, -0.25) is 4.79 Å². The second-order valence-corrected chi connectivity index (χ2v) is 6.30. The van der Waals surface area contributed by atoms with Crippen LogP contribution in [0.25, 0.3) is 0 Å². The number of benzene rings is 2. The van der Waals surface area contributed by atoms with Gasteiger partial charge in [-0.15, -0.1) is 0 Å². The molecule has 0 heterocycles. The molecule has 27 heavy (non-hydrogen) atoms. The minimum absolute atomic E-state index is 0.0532. The Kier molecular flexibility index (Phi) is 9.04. The molecule has 0 fully saturated rings. The molecular weight excluding hydrogens is 342 g/mol. The van der Waals surface area contributed by atoms with E-state index in [2.05, 4.69) is 12.2 Å². The Morgan fingerprint density at radius 3 is 2.07 bits per heavy atom. The SMILES string of the molecule is CCCCCCCOc1ccc(NC(=O)COc2ccc(OC)cc2)cc1. The number of hydrogen-bond acceptors (Lipinski definition) is 4. The highest BCUT2D eigenvalue weighted by Crippen LogP contribution is 2.18. The molecule has 0 aliphatic heterocycles. The Bertz CT molecular complexity index is 668. The molecule has 5 nitrogen and oxygen atoms in total. The summed E-state index contributed by atoms with van der Waals surface area (Å²) in [6.07, 6.45) is 6.08. The molecule has 1 N–H and O–H groups in total. The molecule has 2 rings (SSSR count). The first-order valence-electron chi connectivity index (χ1n) is 9.51. The van der Waals surface area contributed by atoms with Gasteiger partial charge in [-0.25, -0.2) is 0 Å². The van der Waals surface area contributed by atoms with Crippen LogP contribution in [-0.4, -0.2) is 26.2 Å². The highest BCUT2D eigenvalue weighted by molar-refractivity contribution is 5.91. The standard InChI is InChI=1S/C22H29NO4/c1-3-4-5-6-7-16-26-20-10-8-18(9-11-20)23-22(24)17-27-21-14-12-19(25-2)13-15-21/h8-15H,3-7,16-17H2,1-2H3,(H,23,24). The zero-order valence-corrected chi connectivity index (χ0v) is 16.2. The number of nitrogens with one attached hydrogen (secondary N) is 1. The van der Waals surface area contributed by atoms with Crippen LogP contribution in [0.15, 0.2) is 48.5 Å². The first kappa shape index (κ1) is 20.6. The summed E-state index contributed by atoms with van der Waals surface area (Å²) < 4.78 is 16.3. The molecule has 0 bridgehead atoms. The Labute approximate surface area is 161 Å². The van der Waals surface area contributed by atoms with E-state index in [0.717, 1.165) is 24.5 Å². The van der Waals surface area contributed by atoms with Crippen molar-refractivity contribution in [1.82, 2.24) is 0 Å². The summed E-state index contributed by atoms with van der Waals surface area (Å²) in [5.41, 5.74) is 0.716. The van der Waals surface area contributed by atoms with Crippen LogP contribution in [0.5, 0.6) is 17.2 Å². The first-order chi connectivity index (χ1) is 13.2. The van der Waals surface area contributed by atoms with Gasteiger partial charge in [0.1, 0.15) is 17.2 Å². The quantitative estimate of drug-likeness (QED) is 0.530. The second kappa shape index (κ2) is 11.8. The van der Waals surface area contributed by atoms with E-state index >= 15 is 0 Å². The number of unbranched alkanes of at least 4 members (excludes halogenated alkanes) is 4. The molecule has 0 aromatic heterocycles. The Balaban J connectivity index is 1.67. The molecule has 0 atom stereocenters. The van der Waals surface area contributed by atoms with Gasteiger partial charge in [0.15, 0.2) is 6.61 Å². The van der Waals surface area contributed by atoms with Crippen molar-refractivity contribution in [2.24, 2.45) is 0 Å². The molecule has 2 aromatic rings. The van der Waals surface area contributed by atoms with Crippen molar-refractivity contribution in [2.45, 2.75) is 39.0 Å². The van der Waals surface area contributed by atoms with E-state index in [1.54, 1.807) is 31.4 Å². The Morgan fingerprint density at radius 1 is 0.815 bits per heavy atom. The van der Waals surface area contributed by atoms with Gasteiger partial charge in [-0.05, 0) is 55.0 Å². The van der Waals surface area contributed by atoms with Gasteiger partial charge in [-0.1, -0.05) is 32.6 Å². The molecule has 0 radical (unpaired) electrons. The second-order valence-electron chi connectivity index (χ2n) is 6.30. The predicted molar refractivity (Wildman–Crippen MR) is 108 cm³/mol. The summed E-state index contributed by atoms with van der Waals surface area (Å²) in [5, 5.41) is 2.81. The molecule has 0 saturated heterocycles. The maximum Gasteiger partial charge on any atom is 0.262 e. The van der Waals surface area contributed by atoms with Crippen LogP contribution in [0, 0.1) is 0 Å². The van der Waals surface area contributed by atoms with E-state index in [-0.39, 0.29) is 12.5 Å². The van der Waals surface area contributed by atoms with Gasteiger partial charge in [0, 0.05) is 5.69 Å². The third-order valence-electron chi connectivity index (χ3n) is 4.08. The largest absolute Gasteiger partial charge is 0.497 e. The summed E-state index contributed by atoms with van der Waals surface area (Å²) in [4.78, 5) is 12.0. The van der Waals surface area contributed by atoms with Crippen molar-refractivity contribution in [3.8, 4) is 17.2 Å². The van der Waals surface area contributed by atoms with Crippen molar-refractivity contribution in [1.29, 1.82) is 0 Å². The fraction of sp³-hybridized carbons (Fsp3) is 0.409. The average molecular weight is 371 g/mol. The summed E-state index contributed by atoms with van der Waals surface area (Å²) in [5.74, 6) is 1.97. The third-order valence-corrected chi connectivity index (χ3v) is 4.08. The molecule has 1 amide bonds. The van der Waals surface area contributed by atoms with E-state index in [4.69, 9.17) is 14.2 Å². The lowest BCUT2D eigenvalue weighted by Crippen LogP contribution is -2.20. The first-order valence-corrected chi connectivity index (χ1v) is 9.51. The van der Waals surface area contributed by atoms with Crippen molar-refractivity contribution in [2.75, 3.05) is 25.6 Å².